The Morgan fingerprint density at radius 2 is 0.871 bits per heavy atom. The highest BCUT2D eigenvalue weighted by Crippen LogP contribution is 2.61. The minimum Gasteiger partial charge on any atom is -0.309 e. The van der Waals surface area contributed by atoms with Gasteiger partial charge in [-0.2, -0.15) is 0 Å². The zero-order chi connectivity index (χ0) is 40.8. The first-order chi connectivity index (χ1) is 30.7. The van der Waals surface area contributed by atoms with Crippen molar-refractivity contribution in [3.63, 3.8) is 0 Å². The van der Waals surface area contributed by atoms with Crippen molar-refractivity contribution in [1.29, 1.82) is 0 Å². The van der Waals surface area contributed by atoms with Crippen molar-refractivity contribution in [2.75, 3.05) is 0 Å². The molecular formula is C59H37N3. The summed E-state index contributed by atoms with van der Waals surface area (Å²) in [4.78, 5) is 10.5. The van der Waals surface area contributed by atoms with Gasteiger partial charge in [-0.05, 0) is 92.0 Å². The van der Waals surface area contributed by atoms with Crippen LogP contribution in [0.3, 0.4) is 0 Å². The van der Waals surface area contributed by atoms with Crippen LogP contribution in [0.25, 0.3) is 94.8 Å². The molecule has 288 valence electrons. The summed E-state index contributed by atoms with van der Waals surface area (Å²) in [6.07, 6.45) is 0. The van der Waals surface area contributed by atoms with E-state index in [0.717, 1.165) is 39.2 Å². The zero-order valence-electron chi connectivity index (χ0n) is 33.7. The number of rotatable bonds is 5. The number of hydrogen-bond donors (Lipinski definition) is 0. The number of nitrogens with zero attached hydrogens (tertiary/aromatic N) is 3. The van der Waals surface area contributed by atoms with Gasteiger partial charge in [0.25, 0.3) is 0 Å². The minimum atomic E-state index is -0.512. The highest BCUT2D eigenvalue weighted by Gasteiger charge is 2.50. The molecule has 0 fully saturated rings. The van der Waals surface area contributed by atoms with Crippen LogP contribution in [0.1, 0.15) is 22.3 Å². The van der Waals surface area contributed by atoms with E-state index >= 15 is 0 Å². The summed E-state index contributed by atoms with van der Waals surface area (Å²) in [7, 11) is 0. The second kappa shape index (κ2) is 13.4. The summed E-state index contributed by atoms with van der Waals surface area (Å²) in [5.41, 5.74) is 20.6. The number of para-hydroxylation sites is 2. The molecular weight excluding hydrogens is 751 g/mol. The van der Waals surface area contributed by atoms with Crippen molar-refractivity contribution in [1.82, 2.24) is 14.5 Å². The average molecular weight is 788 g/mol. The van der Waals surface area contributed by atoms with Crippen LogP contribution in [-0.2, 0) is 5.41 Å². The summed E-state index contributed by atoms with van der Waals surface area (Å²) in [6, 6.07) is 81.5. The Morgan fingerprint density at radius 3 is 1.61 bits per heavy atom. The molecule has 1 aliphatic carbocycles. The molecule has 0 unspecified atom stereocenters. The van der Waals surface area contributed by atoms with E-state index in [2.05, 4.69) is 217 Å². The van der Waals surface area contributed by atoms with Gasteiger partial charge in [0.15, 0.2) is 5.82 Å². The average Bonchev–Trinajstić information content (AvgIpc) is 3.85. The molecule has 13 rings (SSSR count). The Morgan fingerprint density at radius 1 is 0.323 bits per heavy atom. The van der Waals surface area contributed by atoms with Gasteiger partial charge in [0.1, 0.15) is 0 Å². The smallest absolute Gasteiger partial charge is 0.160 e. The van der Waals surface area contributed by atoms with Crippen molar-refractivity contribution in [3.05, 3.63) is 247 Å². The molecule has 0 atom stereocenters. The highest BCUT2D eigenvalue weighted by atomic mass is 15.0. The van der Waals surface area contributed by atoms with E-state index in [1.165, 1.54) is 72.0 Å². The fraction of sp³-hybridized carbons (Fsp3) is 0.0169. The summed E-state index contributed by atoms with van der Waals surface area (Å²) in [6.45, 7) is 0. The summed E-state index contributed by atoms with van der Waals surface area (Å²) in [5.74, 6) is 0.698. The molecule has 62 heavy (non-hydrogen) atoms. The fourth-order valence-corrected chi connectivity index (χ4v) is 10.5. The van der Waals surface area contributed by atoms with E-state index in [4.69, 9.17) is 9.97 Å². The molecule has 0 amide bonds. The van der Waals surface area contributed by atoms with E-state index in [1.807, 2.05) is 12.1 Å². The first-order valence-corrected chi connectivity index (χ1v) is 21.3. The zero-order valence-corrected chi connectivity index (χ0v) is 33.7. The van der Waals surface area contributed by atoms with Gasteiger partial charge < -0.3 is 4.57 Å². The molecule has 0 saturated carbocycles. The third kappa shape index (κ3) is 5.00. The van der Waals surface area contributed by atoms with Crippen LogP contribution in [-0.4, -0.2) is 14.5 Å². The van der Waals surface area contributed by atoms with Gasteiger partial charge in [0.2, 0.25) is 0 Å². The highest BCUT2D eigenvalue weighted by molar-refractivity contribution is 6.14. The Balaban J connectivity index is 1.03. The summed E-state index contributed by atoms with van der Waals surface area (Å²) in [5, 5.41) is 2.50. The lowest BCUT2D eigenvalue weighted by atomic mass is 9.65. The van der Waals surface area contributed by atoms with Crippen molar-refractivity contribution in [2.24, 2.45) is 0 Å². The first kappa shape index (κ1) is 34.7. The lowest BCUT2D eigenvalue weighted by molar-refractivity contribution is 0.749. The molecule has 0 N–H and O–H groups in total. The summed E-state index contributed by atoms with van der Waals surface area (Å²) < 4.78 is 2.52. The van der Waals surface area contributed by atoms with Crippen LogP contribution < -0.4 is 0 Å². The van der Waals surface area contributed by atoms with Crippen molar-refractivity contribution in [3.8, 4) is 73.0 Å². The Kier molecular flexibility index (Phi) is 7.52. The maximum atomic E-state index is 5.29. The Labute approximate surface area is 359 Å². The molecule has 11 aromatic rings. The van der Waals surface area contributed by atoms with E-state index in [9.17, 15) is 0 Å². The predicted molar refractivity (Wildman–Crippen MR) is 254 cm³/mol. The maximum Gasteiger partial charge on any atom is 0.160 e. The first-order valence-electron chi connectivity index (χ1n) is 21.3. The fourth-order valence-electron chi connectivity index (χ4n) is 10.5. The van der Waals surface area contributed by atoms with Gasteiger partial charge in [-0.3, -0.25) is 0 Å². The third-order valence-electron chi connectivity index (χ3n) is 13.2. The van der Waals surface area contributed by atoms with E-state index < -0.39 is 5.41 Å². The van der Waals surface area contributed by atoms with Gasteiger partial charge in [-0.15, -0.1) is 0 Å². The standard InChI is InChI=1S/C59H37N3/c1-3-16-38(17-4-1)39-30-32-41(33-31-39)58-60-53(40-18-5-2-6-19-40)37-54(61-58)43-21-15-20-42(34-43)44-35-48-47-24-9-13-28-55(47)62-56-29-14-12-27-51(56)59(52(36-44)57(48)62)49-25-10-7-22-45(49)46-23-8-11-26-50(46)59/h1-37H. The minimum absolute atomic E-state index is 0.512. The second-order valence-corrected chi connectivity index (χ2v) is 16.5. The molecule has 3 heterocycles. The van der Waals surface area contributed by atoms with Crippen molar-refractivity contribution in [2.45, 2.75) is 5.41 Å². The number of fused-ring (bicyclic) bond motifs is 12. The topological polar surface area (TPSA) is 30.7 Å². The quantitative estimate of drug-likeness (QED) is 0.174. The van der Waals surface area contributed by atoms with Gasteiger partial charge >= 0.3 is 0 Å². The largest absolute Gasteiger partial charge is 0.309 e. The molecule has 3 heteroatoms. The molecule has 0 bridgehead atoms. The SMILES string of the molecule is c1ccc(-c2ccc(-c3nc(-c4ccccc4)cc(-c4cccc(-c5cc6c7c(c5)c5ccccc5n7-c5ccccc5C65c6ccccc6-c6ccccc65)c4)n3)cc2)cc1. The Bertz CT molecular complexity index is 3520. The molecule has 3 nitrogen and oxygen atoms in total. The van der Waals surface area contributed by atoms with Crippen molar-refractivity contribution >= 4 is 21.8 Å². The lowest BCUT2D eigenvalue weighted by Gasteiger charge is -2.39. The monoisotopic (exact) mass is 787 g/mol. The van der Waals surface area contributed by atoms with Crippen LogP contribution in [0.5, 0.6) is 0 Å². The normalized spacial score (nSPS) is 13.0. The summed E-state index contributed by atoms with van der Waals surface area (Å²) >= 11 is 0. The molecule has 0 saturated heterocycles. The molecule has 2 aromatic heterocycles. The Hall–Kier alpha value is -8.14. The van der Waals surface area contributed by atoms with Crippen LogP contribution in [0.15, 0.2) is 224 Å². The van der Waals surface area contributed by atoms with Gasteiger partial charge in [0.05, 0.1) is 33.5 Å². The van der Waals surface area contributed by atoms with Crippen LogP contribution in [0.2, 0.25) is 0 Å². The molecule has 9 aromatic carbocycles. The van der Waals surface area contributed by atoms with Gasteiger partial charge in [0, 0.05) is 27.5 Å². The number of benzene rings is 9. The maximum absolute atomic E-state index is 5.29. The molecule has 1 spiro atoms. The van der Waals surface area contributed by atoms with E-state index in [1.54, 1.807) is 0 Å². The second-order valence-electron chi connectivity index (χ2n) is 16.5. The van der Waals surface area contributed by atoms with Crippen LogP contribution in [0, 0.1) is 0 Å². The van der Waals surface area contributed by atoms with Gasteiger partial charge in [-0.1, -0.05) is 188 Å². The molecule has 1 aliphatic heterocycles. The van der Waals surface area contributed by atoms with E-state index in [0.29, 0.717) is 5.82 Å². The third-order valence-corrected chi connectivity index (χ3v) is 13.2. The van der Waals surface area contributed by atoms with Gasteiger partial charge in [-0.25, -0.2) is 9.97 Å². The number of aromatic nitrogens is 3. The molecule has 2 aliphatic rings. The van der Waals surface area contributed by atoms with Crippen molar-refractivity contribution < 1.29 is 0 Å². The van der Waals surface area contributed by atoms with Crippen LogP contribution in [0.4, 0.5) is 0 Å². The lowest BCUT2D eigenvalue weighted by Crippen LogP contribution is -2.33. The van der Waals surface area contributed by atoms with E-state index in [-0.39, 0.29) is 0 Å². The predicted octanol–water partition coefficient (Wildman–Crippen LogP) is 14.6. The van der Waals surface area contributed by atoms with Crippen LogP contribution >= 0.6 is 0 Å². The number of hydrogen-bond acceptors (Lipinski definition) is 2. The molecule has 0 radical (unpaired) electrons.